The van der Waals surface area contributed by atoms with Crippen LogP contribution in [0.5, 0.6) is 0 Å². The van der Waals surface area contributed by atoms with Crippen molar-refractivity contribution in [3.63, 3.8) is 0 Å². The van der Waals surface area contributed by atoms with Gasteiger partial charge >= 0.3 is 5.97 Å². The number of carboxylic acid groups (broad SMARTS) is 1. The predicted molar refractivity (Wildman–Crippen MR) is 71.1 cm³/mol. The number of fused-ring (bicyclic) bond motifs is 1. The van der Waals surface area contributed by atoms with Crippen LogP contribution in [-0.4, -0.2) is 16.1 Å². The van der Waals surface area contributed by atoms with Gasteiger partial charge in [0, 0.05) is 11.5 Å². The van der Waals surface area contributed by atoms with E-state index in [-0.39, 0.29) is 5.56 Å². The summed E-state index contributed by atoms with van der Waals surface area (Å²) in [7, 11) is 0. The van der Waals surface area contributed by atoms with Gasteiger partial charge in [-0.2, -0.15) is 0 Å². The maximum atomic E-state index is 13.3. The molecule has 0 unspecified atom stereocenters. The van der Waals surface area contributed by atoms with Crippen LogP contribution in [-0.2, 0) is 0 Å². The summed E-state index contributed by atoms with van der Waals surface area (Å²) in [4.78, 5) is 15.8. The number of carbonyl (C=O) groups is 1. The fraction of sp³-hybridized carbons (Fsp3) is 0.0667. The summed E-state index contributed by atoms with van der Waals surface area (Å²) in [6.07, 6.45) is 1.48. The Balaban J connectivity index is 2.43. The Morgan fingerprint density at radius 1 is 1.35 bits per heavy atom. The van der Waals surface area contributed by atoms with Gasteiger partial charge in [0.25, 0.3) is 0 Å². The molecule has 0 aliphatic carbocycles. The third-order valence-corrected chi connectivity index (χ3v) is 3.16. The van der Waals surface area contributed by atoms with Crippen molar-refractivity contribution in [2.75, 3.05) is 0 Å². The Hall–Kier alpha value is -2.69. The Morgan fingerprint density at radius 3 is 2.80 bits per heavy atom. The standard InChI is InChI=1S/C15H10FNO3/c1-8-13(15(18)19)10-5-4-9(16)7-11(10)17-14(8)12-3-2-6-20-12/h2-7H,1H3,(H,18,19). The fourth-order valence-electron chi connectivity index (χ4n) is 2.26. The van der Waals surface area contributed by atoms with Crippen molar-refractivity contribution < 1.29 is 18.7 Å². The molecule has 3 aromatic rings. The minimum absolute atomic E-state index is 0.112. The monoisotopic (exact) mass is 271 g/mol. The molecule has 3 rings (SSSR count). The Labute approximate surface area is 113 Å². The van der Waals surface area contributed by atoms with Crippen LogP contribution in [0.15, 0.2) is 41.0 Å². The van der Waals surface area contributed by atoms with Crippen LogP contribution in [0, 0.1) is 12.7 Å². The van der Waals surface area contributed by atoms with Gasteiger partial charge in [-0.15, -0.1) is 0 Å². The summed E-state index contributed by atoms with van der Waals surface area (Å²) >= 11 is 0. The number of rotatable bonds is 2. The molecule has 0 bridgehead atoms. The highest BCUT2D eigenvalue weighted by molar-refractivity contribution is 6.05. The highest BCUT2D eigenvalue weighted by Crippen LogP contribution is 2.30. The van der Waals surface area contributed by atoms with Gasteiger partial charge in [0.05, 0.1) is 17.3 Å². The van der Waals surface area contributed by atoms with Crippen molar-refractivity contribution in [2.45, 2.75) is 6.92 Å². The number of halogens is 1. The number of furan rings is 1. The maximum Gasteiger partial charge on any atom is 0.336 e. The number of aromatic carboxylic acids is 1. The first-order chi connectivity index (χ1) is 9.58. The van der Waals surface area contributed by atoms with Gasteiger partial charge < -0.3 is 9.52 Å². The van der Waals surface area contributed by atoms with E-state index < -0.39 is 11.8 Å². The molecular formula is C15H10FNO3. The van der Waals surface area contributed by atoms with Gasteiger partial charge in [-0.1, -0.05) is 0 Å². The molecule has 0 amide bonds. The second-order valence-corrected chi connectivity index (χ2v) is 4.40. The first-order valence-electron chi connectivity index (χ1n) is 5.95. The number of hydrogen-bond acceptors (Lipinski definition) is 3. The molecule has 4 nitrogen and oxygen atoms in total. The molecular weight excluding hydrogens is 261 g/mol. The number of pyridine rings is 1. The van der Waals surface area contributed by atoms with Gasteiger partial charge in [-0.3, -0.25) is 0 Å². The molecule has 0 aliphatic heterocycles. The zero-order valence-corrected chi connectivity index (χ0v) is 10.6. The van der Waals surface area contributed by atoms with Crippen LogP contribution < -0.4 is 0 Å². The molecule has 0 saturated carbocycles. The van der Waals surface area contributed by atoms with E-state index in [4.69, 9.17) is 4.42 Å². The van der Waals surface area contributed by atoms with E-state index >= 15 is 0 Å². The lowest BCUT2D eigenvalue weighted by atomic mass is 10.0. The molecule has 2 heterocycles. The summed E-state index contributed by atoms with van der Waals surface area (Å²) in [5, 5.41) is 9.81. The minimum atomic E-state index is -1.07. The quantitative estimate of drug-likeness (QED) is 0.772. The molecule has 1 aromatic carbocycles. The molecule has 0 saturated heterocycles. The van der Waals surface area contributed by atoms with Crippen molar-refractivity contribution in [3.05, 3.63) is 53.5 Å². The van der Waals surface area contributed by atoms with E-state index in [2.05, 4.69) is 4.98 Å². The molecule has 100 valence electrons. The number of aromatic nitrogens is 1. The van der Waals surface area contributed by atoms with Gasteiger partial charge in [0.15, 0.2) is 5.76 Å². The highest BCUT2D eigenvalue weighted by atomic mass is 19.1. The molecule has 5 heteroatoms. The molecule has 0 radical (unpaired) electrons. The van der Waals surface area contributed by atoms with Crippen LogP contribution in [0.2, 0.25) is 0 Å². The van der Waals surface area contributed by atoms with E-state index in [1.165, 1.54) is 24.5 Å². The predicted octanol–water partition coefficient (Wildman–Crippen LogP) is 3.64. The summed E-state index contributed by atoms with van der Waals surface area (Å²) < 4.78 is 18.6. The summed E-state index contributed by atoms with van der Waals surface area (Å²) in [5.41, 5.74) is 1.30. The zero-order chi connectivity index (χ0) is 14.3. The molecule has 0 fully saturated rings. The Bertz CT molecular complexity index is 810. The van der Waals surface area contributed by atoms with E-state index in [0.717, 1.165) is 0 Å². The topological polar surface area (TPSA) is 63.3 Å². The van der Waals surface area contributed by atoms with Crippen LogP contribution in [0.3, 0.4) is 0 Å². The van der Waals surface area contributed by atoms with Gasteiger partial charge in [-0.05, 0) is 36.8 Å². The molecule has 2 aromatic heterocycles. The van der Waals surface area contributed by atoms with E-state index in [1.807, 2.05) is 0 Å². The maximum absolute atomic E-state index is 13.3. The largest absolute Gasteiger partial charge is 0.478 e. The van der Waals surface area contributed by atoms with Crippen molar-refractivity contribution in [1.29, 1.82) is 0 Å². The highest BCUT2D eigenvalue weighted by Gasteiger charge is 2.19. The normalized spacial score (nSPS) is 10.9. The average molecular weight is 271 g/mol. The van der Waals surface area contributed by atoms with Crippen LogP contribution in [0.4, 0.5) is 4.39 Å². The van der Waals surface area contributed by atoms with Crippen molar-refractivity contribution in [2.24, 2.45) is 0 Å². The third kappa shape index (κ3) is 1.84. The minimum Gasteiger partial charge on any atom is -0.478 e. The molecule has 0 spiro atoms. The zero-order valence-electron chi connectivity index (χ0n) is 10.6. The van der Waals surface area contributed by atoms with E-state index in [0.29, 0.717) is 27.9 Å². The third-order valence-electron chi connectivity index (χ3n) is 3.16. The van der Waals surface area contributed by atoms with E-state index in [1.54, 1.807) is 19.1 Å². The number of carboxylic acids is 1. The number of hydrogen-bond donors (Lipinski definition) is 1. The first kappa shape index (κ1) is 12.3. The van der Waals surface area contributed by atoms with Gasteiger partial charge in [0.2, 0.25) is 0 Å². The fourth-order valence-corrected chi connectivity index (χ4v) is 2.26. The van der Waals surface area contributed by atoms with E-state index in [9.17, 15) is 14.3 Å². The lowest BCUT2D eigenvalue weighted by molar-refractivity contribution is 0.0698. The number of nitrogens with zero attached hydrogens (tertiary/aromatic N) is 1. The SMILES string of the molecule is Cc1c(-c2ccco2)nc2cc(F)ccc2c1C(=O)O. The van der Waals surface area contributed by atoms with Crippen molar-refractivity contribution in [1.82, 2.24) is 4.98 Å². The second kappa shape index (κ2) is 4.45. The summed E-state index contributed by atoms with van der Waals surface area (Å²) in [6.45, 7) is 1.66. The smallest absolute Gasteiger partial charge is 0.336 e. The van der Waals surface area contributed by atoms with Crippen LogP contribution >= 0.6 is 0 Å². The summed E-state index contributed by atoms with van der Waals surface area (Å²) in [6, 6.07) is 7.24. The van der Waals surface area contributed by atoms with Crippen LogP contribution in [0.1, 0.15) is 15.9 Å². The molecule has 1 N–H and O–H groups in total. The van der Waals surface area contributed by atoms with Crippen LogP contribution in [0.25, 0.3) is 22.4 Å². The molecule has 20 heavy (non-hydrogen) atoms. The number of benzene rings is 1. The van der Waals surface area contributed by atoms with Crippen molar-refractivity contribution >= 4 is 16.9 Å². The second-order valence-electron chi connectivity index (χ2n) is 4.40. The lowest BCUT2D eigenvalue weighted by Gasteiger charge is -2.10. The Morgan fingerprint density at radius 2 is 2.15 bits per heavy atom. The van der Waals surface area contributed by atoms with Gasteiger partial charge in [0.1, 0.15) is 11.5 Å². The lowest BCUT2D eigenvalue weighted by Crippen LogP contribution is -2.04. The Kier molecular flexibility index (Phi) is 2.75. The average Bonchev–Trinajstić information content (AvgIpc) is 2.91. The van der Waals surface area contributed by atoms with Gasteiger partial charge in [-0.25, -0.2) is 14.2 Å². The first-order valence-corrected chi connectivity index (χ1v) is 5.95. The molecule has 0 atom stereocenters. The molecule has 0 aliphatic rings. The summed E-state index contributed by atoms with van der Waals surface area (Å²) in [5.74, 6) is -1.08. The van der Waals surface area contributed by atoms with Crippen molar-refractivity contribution in [3.8, 4) is 11.5 Å².